The predicted molar refractivity (Wildman–Crippen MR) is 120 cm³/mol. The first-order valence-corrected chi connectivity index (χ1v) is 10.6. The standard InChI is InChI=1S/C25H38O4/c1-7-13-16-20(10-4)18-28-24(26)22(12-6)23(15-9-3)25(27)29-19-21(11-5)17-14-8-2/h9-10,12,15-16,21H,3-4,7-8,11,13-14,17-19H2,1-2,5-6H3/b20-16+,22-12+,23-15+. The summed E-state index contributed by atoms with van der Waals surface area (Å²) in [6.45, 7) is 15.9. The Kier molecular flexibility index (Phi) is 15.2. The molecule has 0 aliphatic heterocycles. The molecule has 4 nitrogen and oxygen atoms in total. The summed E-state index contributed by atoms with van der Waals surface area (Å²) in [5.41, 5.74) is 1.18. The van der Waals surface area contributed by atoms with Crippen LogP contribution < -0.4 is 0 Å². The number of hydrogen-bond acceptors (Lipinski definition) is 4. The fourth-order valence-electron chi connectivity index (χ4n) is 2.70. The van der Waals surface area contributed by atoms with E-state index in [4.69, 9.17) is 9.47 Å². The van der Waals surface area contributed by atoms with E-state index in [1.807, 2.05) is 6.08 Å². The second-order valence-corrected chi connectivity index (χ2v) is 6.88. The number of allylic oxidation sites excluding steroid dienone is 4. The normalized spacial score (nSPS) is 13.6. The molecule has 0 aromatic heterocycles. The van der Waals surface area contributed by atoms with Gasteiger partial charge in [-0.15, -0.1) is 0 Å². The molecule has 0 amide bonds. The maximum absolute atomic E-state index is 12.7. The van der Waals surface area contributed by atoms with E-state index in [-0.39, 0.29) is 17.8 Å². The lowest BCUT2D eigenvalue weighted by molar-refractivity contribution is -0.143. The van der Waals surface area contributed by atoms with Crippen LogP contribution in [-0.4, -0.2) is 25.2 Å². The number of ether oxygens (including phenoxy) is 2. The van der Waals surface area contributed by atoms with Crippen molar-refractivity contribution in [1.29, 1.82) is 0 Å². The van der Waals surface area contributed by atoms with Gasteiger partial charge >= 0.3 is 11.9 Å². The van der Waals surface area contributed by atoms with Gasteiger partial charge in [0.05, 0.1) is 17.8 Å². The van der Waals surface area contributed by atoms with Crippen molar-refractivity contribution in [2.24, 2.45) is 5.92 Å². The van der Waals surface area contributed by atoms with E-state index >= 15 is 0 Å². The van der Waals surface area contributed by atoms with Gasteiger partial charge in [0.25, 0.3) is 0 Å². The van der Waals surface area contributed by atoms with Crippen LogP contribution in [0.25, 0.3) is 0 Å². The molecule has 0 aliphatic rings. The first kappa shape index (κ1) is 26.6. The summed E-state index contributed by atoms with van der Waals surface area (Å²) in [6.07, 6.45) is 14.3. The average Bonchev–Trinajstić information content (AvgIpc) is 2.73. The minimum atomic E-state index is -0.570. The SMILES string of the molecule is C=C/C=C(C(=O)OCC(CC)CCCC)\C(=C/C)C(=O)OC/C(C=C)=C/CCC. The van der Waals surface area contributed by atoms with Crippen molar-refractivity contribution < 1.29 is 19.1 Å². The van der Waals surface area contributed by atoms with Crippen LogP contribution in [0.15, 0.2) is 60.3 Å². The summed E-state index contributed by atoms with van der Waals surface area (Å²) in [6, 6.07) is 0. The zero-order valence-electron chi connectivity index (χ0n) is 18.7. The fraction of sp³-hybridized carbons (Fsp3) is 0.520. The van der Waals surface area contributed by atoms with Gasteiger partial charge in [0.2, 0.25) is 0 Å². The smallest absolute Gasteiger partial charge is 0.339 e. The molecule has 1 atom stereocenters. The highest BCUT2D eigenvalue weighted by atomic mass is 16.5. The molecule has 0 aromatic carbocycles. The molecule has 0 radical (unpaired) electrons. The molecule has 0 spiro atoms. The molecule has 0 N–H and O–H groups in total. The molecule has 0 fully saturated rings. The monoisotopic (exact) mass is 402 g/mol. The fourth-order valence-corrected chi connectivity index (χ4v) is 2.70. The molecule has 4 heteroatoms. The highest BCUT2D eigenvalue weighted by molar-refractivity contribution is 6.07. The molecule has 0 saturated heterocycles. The largest absolute Gasteiger partial charge is 0.462 e. The van der Waals surface area contributed by atoms with Crippen molar-refractivity contribution in [2.75, 3.05) is 13.2 Å². The summed E-state index contributed by atoms with van der Waals surface area (Å²) < 4.78 is 10.9. The van der Waals surface area contributed by atoms with E-state index in [9.17, 15) is 9.59 Å². The van der Waals surface area contributed by atoms with E-state index in [0.29, 0.717) is 12.5 Å². The predicted octanol–water partition coefficient (Wildman–Crippen LogP) is 6.26. The highest BCUT2D eigenvalue weighted by Crippen LogP contribution is 2.18. The van der Waals surface area contributed by atoms with Gasteiger partial charge in [0.1, 0.15) is 6.61 Å². The Bertz CT molecular complexity index is 623. The molecule has 0 heterocycles. The van der Waals surface area contributed by atoms with Gasteiger partial charge in [0, 0.05) is 0 Å². The molecular weight excluding hydrogens is 364 g/mol. The molecule has 0 aliphatic carbocycles. The van der Waals surface area contributed by atoms with Crippen LogP contribution in [0.3, 0.4) is 0 Å². The van der Waals surface area contributed by atoms with Crippen molar-refractivity contribution in [3.8, 4) is 0 Å². The minimum Gasteiger partial charge on any atom is -0.462 e. The minimum absolute atomic E-state index is 0.116. The zero-order valence-corrected chi connectivity index (χ0v) is 18.7. The second kappa shape index (κ2) is 16.6. The van der Waals surface area contributed by atoms with Gasteiger partial charge in [-0.3, -0.25) is 0 Å². The lowest BCUT2D eigenvalue weighted by Crippen LogP contribution is -2.20. The lowest BCUT2D eigenvalue weighted by Gasteiger charge is -2.16. The molecule has 162 valence electrons. The van der Waals surface area contributed by atoms with Crippen molar-refractivity contribution in [2.45, 2.75) is 66.2 Å². The number of rotatable bonds is 15. The maximum Gasteiger partial charge on any atom is 0.339 e. The van der Waals surface area contributed by atoms with E-state index in [0.717, 1.165) is 44.1 Å². The van der Waals surface area contributed by atoms with Crippen molar-refractivity contribution >= 4 is 11.9 Å². The molecular formula is C25H38O4. The summed E-state index contributed by atoms with van der Waals surface area (Å²) in [5, 5.41) is 0. The van der Waals surface area contributed by atoms with Gasteiger partial charge in [-0.1, -0.05) is 83.9 Å². The molecule has 29 heavy (non-hydrogen) atoms. The Labute approximate surface area is 177 Å². The number of esters is 2. The third kappa shape index (κ3) is 10.7. The van der Waals surface area contributed by atoms with Crippen LogP contribution >= 0.6 is 0 Å². The zero-order chi connectivity index (χ0) is 22.1. The van der Waals surface area contributed by atoms with Crippen LogP contribution in [0, 0.1) is 5.92 Å². The Morgan fingerprint density at radius 3 is 2.21 bits per heavy atom. The third-order valence-corrected chi connectivity index (χ3v) is 4.62. The van der Waals surface area contributed by atoms with Crippen LogP contribution in [0.2, 0.25) is 0 Å². The number of carbonyl (C=O) groups is 2. The van der Waals surface area contributed by atoms with Crippen molar-refractivity contribution in [1.82, 2.24) is 0 Å². The Hall–Kier alpha value is -2.36. The number of hydrogen-bond donors (Lipinski definition) is 0. The molecule has 0 saturated carbocycles. The van der Waals surface area contributed by atoms with Crippen LogP contribution in [0.5, 0.6) is 0 Å². The van der Waals surface area contributed by atoms with Crippen LogP contribution in [0.4, 0.5) is 0 Å². The van der Waals surface area contributed by atoms with Gasteiger partial charge < -0.3 is 9.47 Å². The average molecular weight is 403 g/mol. The molecule has 0 rings (SSSR count). The molecule has 0 bridgehead atoms. The van der Waals surface area contributed by atoms with Crippen molar-refractivity contribution in [3.05, 3.63) is 60.3 Å². The lowest BCUT2D eigenvalue weighted by atomic mass is 10.0. The first-order valence-electron chi connectivity index (χ1n) is 10.6. The van der Waals surface area contributed by atoms with Gasteiger partial charge in [-0.25, -0.2) is 9.59 Å². The molecule has 1 unspecified atom stereocenters. The van der Waals surface area contributed by atoms with E-state index in [2.05, 4.69) is 33.9 Å². The van der Waals surface area contributed by atoms with E-state index < -0.39 is 11.9 Å². The van der Waals surface area contributed by atoms with Crippen LogP contribution in [0.1, 0.15) is 66.2 Å². The number of unbranched alkanes of at least 4 members (excludes halogenated alkanes) is 2. The third-order valence-electron chi connectivity index (χ3n) is 4.62. The molecule has 0 aromatic rings. The van der Waals surface area contributed by atoms with Gasteiger partial charge in [-0.05, 0) is 37.3 Å². The first-order chi connectivity index (χ1) is 14.0. The Morgan fingerprint density at radius 1 is 1.00 bits per heavy atom. The topological polar surface area (TPSA) is 52.6 Å². The highest BCUT2D eigenvalue weighted by Gasteiger charge is 2.23. The van der Waals surface area contributed by atoms with Gasteiger partial charge in [-0.2, -0.15) is 0 Å². The van der Waals surface area contributed by atoms with Crippen molar-refractivity contribution in [3.63, 3.8) is 0 Å². The number of carbonyl (C=O) groups excluding carboxylic acids is 2. The maximum atomic E-state index is 12.7. The van der Waals surface area contributed by atoms with Gasteiger partial charge in [0.15, 0.2) is 0 Å². The quantitative estimate of drug-likeness (QED) is 0.184. The summed E-state index contributed by atoms with van der Waals surface area (Å²) in [7, 11) is 0. The summed E-state index contributed by atoms with van der Waals surface area (Å²) in [5.74, 6) is -0.779. The van der Waals surface area contributed by atoms with E-state index in [1.165, 1.54) is 12.2 Å². The Morgan fingerprint density at radius 2 is 1.69 bits per heavy atom. The van der Waals surface area contributed by atoms with E-state index in [1.54, 1.807) is 19.1 Å². The summed E-state index contributed by atoms with van der Waals surface area (Å²) >= 11 is 0. The van der Waals surface area contributed by atoms with Crippen LogP contribution in [-0.2, 0) is 19.1 Å². The summed E-state index contributed by atoms with van der Waals surface area (Å²) in [4.78, 5) is 25.2. The second-order valence-electron chi connectivity index (χ2n) is 6.88. The Balaban J connectivity index is 5.14.